The summed E-state index contributed by atoms with van der Waals surface area (Å²) >= 11 is 0. The van der Waals surface area contributed by atoms with E-state index in [0.717, 1.165) is 24.5 Å². The number of pyridine rings is 2. The number of nitrogens with one attached hydrogen (secondary N) is 1. The van der Waals surface area contributed by atoms with Crippen LogP contribution in [0.4, 0.5) is 11.5 Å². The summed E-state index contributed by atoms with van der Waals surface area (Å²) < 4.78 is 5.22. The monoisotopic (exact) mass is 378 g/mol. The van der Waals surface area contributed by atoms with Crippen molar-refractivity contribution in [3.63, 3.8) is 0 Å². The molecular formula is C20H22N6O2. The first-order chi connectivity index (χ1) is 13.8. The molecule has 0 radical (unpaired) electrons. The molecule has 0 spiro atoms. The van der Waals surface area contributed by atoms with Gasteiger partial charge in [-0.1, -0.05) is 5.16 Å². The number of hydrogen-bond acceptors (Lipinski definition) is 7. The SMILES string of the molecule is O=C(CCc1nc(-c2ccncc2)no1)Nc1ccc(N2CCCCC2)nc1. The van der Waals surface area contributed by atoms with E-state index < -0.39 is 0 Å². The van der Waals surface area contributed by atoms with Crippen LogP contribution in [0.2, 0.25) is 0 Å². The number of aromatic nitrogens is 4. The molecule has 0 atom stereocenters. The second-order valence-corrected chi connectivity index (χ2v) is 6.75. The number of carbonyl (C=O) groups excluding carboxylic acids is 1. The van der Waals surface area contributed by atoms with Crippen molar-refractivity contribution in [1.29, 1.82) is 0 Å². The van der Waals surface area contributed by atoms with Crippen LogP contribution in [0.5, 0.6) is 0 Å². The summed E-state index contributed by atoms with van der Waals surface area (Å²) in [7, 11) is 0. The van der Waals surface area contributed by atoms with Gasteiger partial charge in [-0.3, -0.25) is 9.78 Å². The van der Waals surface area contributed by atoms with Crippen molar-refractivity contribution >= 4 is 17.4 Å². The summed E-state index contributed by atoms with van der Waals surface area (Å²) in [5, 5.41) is 6.80. The Kier molecular flexibility index (Phi) is 5.56. The molecule has 0 bridgehead atoms. The quantitative estimate of drug-likeness (QED) is 0.704. The number of rotatable bonds is 6. The Balaban J connectivity index is 1.28. The average Bonchev–Trinajstić information content (AvgIpc) is 3.23. The van der Waals surface area contributed by atoms with E-state index in [1.54, 1.807) is 18.6 Å². The number of aryl methyl sites for hydroxylation is 1. The summed E-state index contributed by atoms with van der Waals surface area (Å²) in [5.41, 5.74) is 1.52. The molecule has 1 amide bonds. The van der Waals surface area contributed by atoms with Crippen molar-refractivity contribution < 1.29 is 9.32 Å². The molecule has 0 aliphatic carbocycles. The van der Waals surface area contributed by atoms with Gasteiger partial charge < -0.3 is 14.7 Å². The standard InChI is InChI=1S/C20H22N6O2/c27-18(6-7-19-24-20(25-28-19)15-8-10-21-11-9-15)23-16-4-5-17(22-14-16)26-12-2-1-3-13-26/h4-5,8-11,14H,1-3,6-7,12-13H2,(H,23,27). The normalized spacial score (nSPS) is 14.1. The molecule has 28 heavy (non-hydrogen) atoms. The minimum atomic E-state index is -0.115. The maximum absolute atomic E-state index is 12.2. The molecular weight excluding hydrogens is 356 g/mol. The van der Waals surface area contributed by atoms with E-state index in [1.165, 1.54) is 19.3 Å². The predicted octanol–water partition coefficient (Wildman–Crippen LogP) is 3.09. The smallest absolute Gasteiger partial charge is 0.227 e. The first kappa shape index (κ1) is 18.1. The van der Waals surface area contributed by atoms with Gasteiger partial charge in [0.15, 0.2) is 0 Å². The maximum Gasteiger partial charge on any atom is 0.227 e. The Bertz CT molecular complexity index is 904. The van der Waals surface area contributed by atoms with E-state index in [0.29, 0.717) is 23.8 Å². The maximum atomic E-state index is 12.2. The Morgan fingerprint density at radius 1 is 1.11 bits per heavy atom. The molecule has 1 fully saturated rings. The molecule has 4 heterocycles. The van der Waals surface area contributed by atoms with E-state index >= 15 is 0 Å². The lowest BCUT2D eigenvalue weighted by Crippen LogP contribution is -2.30. The third kappa shape index (κ3) is 4.51. The summed E-state index contributed by atoms with van der Waals surface area (Å²) in [5.74, 6) is 1.78. The zero-order valence-corrected chi connectivity index (χ0v) is 15.5. The van der Waals surface area contributed by atoms with E-state index in [9.17, 15) is 4.79 Å². The van der Waals surface area contributed by atoms with Crippen LogP contribution in [0, 0.1) is 0 Å². The number of amides is 1. The topological polar surface area (TPSA) is 97.0 Å². The van der Waals surface area contributed by atoms with Crippen LogP contribution in [0.1, 0.15) is 31.6 Å². The Labute approximate surface area is 163 Å². The minimum absolute atomic E-state index is 0.115. The minimum Gasteiger partial charge on any atom is -0.357 e. The van der Waals surface area contributed by atoms with Crippen molar-refractivity contribution in [2.24, 2.45) is 0 Å². The van der Waals surface area contributed by atoms with Gasteiger partial charge in [0.1, 0.15) is 5.82 Å². The van der Waals surface area contributed by atoms with Crippen molar-refractivity contribution in [3.05, 3.63) is 48.7 Å². The molecule has 1 aliphatic rings. The van der Waals surface area contributed by atoms with Crippen molar-refractivity contribution in [3.8, 4) is 11.4 Å². The fourth-order valence-electron chi connectivity index (χ4n) is 3.19. The Morgan fingerprint density at radius 2 is 1.93 bits per heavy atom. The molecule has 8 heteroatoms. The van der Waals surface area contributed by atoms with Crippen molar-refractivity contribution in [2.45, 2.75) is 32.1 Å². The van der Waals surface area contributed by atoms with Gasteiger partial charge in [-0.05, 0) is 43.5 Å². The van der Waals surface area contributed by atoms with E-state index in [4.69, 9.17) is 4.52 Å². The number of hydrogen-bond donors (Lipinski definition) is 1. The predicted molar refractivity (Wildman–Crippen MR) is 105 cm³/mol. The Hall–Kier alpha value is -3.29. The molecule has 8 nitrogen and oxygen atoms in total. The van der Waals surface area contributed by atoms with Gasteiger partial charge in [-0.2, -0.15) is 4.98 Å². The highest BCUT2D eigenvalue weighted by Crippen LogP contribution is 2.19. The van der Waals surface area contributed by atoms with E-state index in [1.807, 2.05) is 24.3 Å². The van der Waals surface area contributed by atoms with Gasteiger partial charge in [0.25, 0.3) is 0 Å². The molecule has 3 aromatic heterocycles. The number of nitrogens with zero attached hydrogens (tertiary/aromatic N) is 5. The van der Waals surface area contributed by atoms with E-state index in [-0.39, 0.29) is 12.3 Å². The first-order valence-electron chi connectivity index (χ1n) is 9.52. The molecule has 0 unspecified atom stereocenters. The molecule has 0 aromatic carbocycles. The van der Waals surface area contributed by atoms with Crippen LogP contribution in [-0.2, 0) is 11.2 Å². The van der Waals surface area contributed by atoms with Crippen LogP contribution in [0.15, 0.2) is 47.4 Å². The number of piperidine rings is 1. The molecule has 1 saturated heterocycles. The lowest BCUT2D eigenvalue weighted by atomic mass is 10.1. The van der Waals surface area contributed by atoms with Gasteiger partial charge in [0, 0.05) is 43.9 Å². The zero-order valence-electron chi connectivity index (χ0n) is 15.5. The fraction of sp³-hybridized carbons (Fsp3) is 0.350. The summed E-state index contributed by atoms with van der Waals surface area (Å²) in [6.45, 7) is 2.09. The molecule has 1 aliphatic heterocycles. The fourth-order valence-corrected chi connectivity index (χ4v) is 3.19. The van der Waals surface area contributed by atoms with Crippen LogP contribution < -0.4 is 10.2 Å². The lowest BCUT2D eigenvalue weighted by Gasteiger charge is -2.27. The van der Waals surface area contributed by atoms with Crippen LogP contribution >= 0.6 is 0 Å². The van der Waals surface area contributed by atoms with Crippen LogP contribution in [0.25, 0.3) is 11.4 Å². The third-order valence-corrected chi connectivity index (χ3v) is 4.68. The third-order valence-electron chi connectivity index (χ3n) is 4.68. The zero-order chi connectivity index (χ0) is 19.2. The highest BCUT2D eigenvalue weighted by molar-refractivity contribution is 5.90. The van der Waals surface area contributed by atoms with E-state index in [2.05, 4.69) is 30.3 Å². The van der Waals surface area contributed by atoms with Crippen molar-refractivity contribution in [2.75, 3.05) is 23.3 Å². The van der Waals surface area contributed by atoms with Crippen LogP contribution in [0.3, 0.4) is 0 Å². The van der Waals surface area contributed by atoms with Gasteiger partial charge in [0.05, 0.1) is 11.9 Å². The molecule has 0 saturated carbocycles. The van der Waals surface area contributed by atoms with Crippen molar-refractivity contribution in [1.82, 2.24) is 20.1 Å². The Morgan fingerprint density at radius 3 is 2.68 bits per heavy atom. The highest BCUT2D eigenvalue weighted by atomic mass is 16.5. The van der Waals surface area contributed by atoms with Gasteiger partial charge >= 0.3 is 0 Å². The number of anilines is 2. The van der Waals surface area contributed by atoms with Gasteiger partial charge in [0.2, 0.25) is 17.6 Å². The van der Waals surface area contributed by atoms with Gasteiger partial charge in [-0.15, -0.1) is 0 Å². The highest BCUT2D eigenvalue weighted by Gasteiger charge is 2.13. The lowest BCUT2D eigenvalue weighted by molar-refractivity contribution is -0.116. The molecule has 144 valence electrons. The molecule has 4 rings (SSSR count). The summed E-state index contributed by atoms with van der Waals surface area (Å²) in [6.07, 6.45) is 9.38. The van der Waals surface area contributed by atoms with Gasteiger partial charge in [-0.25, -0.2) is 4.98 Å². The molecule has 3 aromatic rings. The second kappa shape index (κ2) is 8.60. The largest absolute Gasteiger partial charge is 0.357 e. The molecule has 1 N–H and O–H groups in total. The number of carbonyl (C=O) groups is 1. The summed E-state index contributed by atoms with van der Waals surface area (Å²) in [6, 6.07) is 7.47. The first-order valence-corrected chi connectivity index (χ1v) is 9.52. The summed E-state index contributed by atoms with van der Waals surface area (Å²) in [4.78, 5) is 27.2. The van der Waals surface area contributed by atoms with Crippen LogP contribution in [-0.4, -0.2) is 39.1 Å². The second-order valence-electron chi connectivity index (χ2n) is 6.75. The average molecular weight is 378 g/mol.